The zero-order valence-corrected chi connectivity index (χ0v) is 12.8. The van der Waals surface area contributed by atoms with Gasteiger partial charge in [-0.05, 0) is 36.1 Å². The molecule has 0 unspecified atom stereocenters. The molecule has 0 saturated heterocycles. The number of benzene rings is 2. The van der Waals surface area contributed by atoms with Crippen LogP contribution < -0.4 is 5.32 Å². The maximum absolute atomic E-state index is 12.2. The molecule has 5 nitrogen and oxygen atoms in total. The van der Waals surface area contributed by atoms with E-state index >= 15 is 0 Å². The predicted molar refractivity (Wildman–Crippen MR) is 86.3 cm³/mol. The molecule has 0 fully saturated rings. The third kappa shape index (κ3) is 3.49. The molecule has 22 heavy (non-hydrogen) atoms. The lowest BCUT2D eigenvalue weighted by molar-refractivity contribution is -0.384. The van der Waals surface area contributed by atoms with Crippen molar-refractivity contribution in [2.75, 3.05) is 5.32 Å². The molecule has 0 radical (unpaired) electrons. The summed E-state index contributed by atoms with van der Waals surface area (Å²) in [7, 11) is 0. The zero-order chi connectivity index (χ0) is 16.3. The van der Waals surface area contributed by atoms with E-state index in [0.29, 0.717) is 17.2 Å². The summed E-state index contributed by atoms with van der Waals surface area (Å²) in [6.45, 7) is 5.96. The molecule has 0 spiro atoms. The Morgan fingerprint density at radius 2 is 1.77 bits per heavy atom. The number of non-ortho nitro benzene ring substituents is 1. The zero-order valence-electron chi connectivity index (χ0n) is 12.8. The Kier molecular flexibility index (Phi) is 4.56. The normalized spacial score (nSPS) is 10.5. The molecular weight excluding hydrogens is 280 g/mol. The van der Waals surface area contributed by atoms with E-state index in [2.05, 4.69) is 19.2 Å². The van der Waals surface area contributed by atoms with Gasteiger partial charge in [-0.2, -0.15) is 0 Å². The number of nitrogens with one attached hydrogen (secondary N) is 1. The van der Waals surface area contributed by atoms with Crippen molar-refractivity contribution in [1.82, 2.24) is 0 Å². The number of aryl methyl sites for hydroxylation is 1. The Bertz CT molecular complexity index is 706. The number of amides is 1. The molecule has 1 amide bonds. The van der Waals surface area contributed by atoms with Crippen LogP contribution in [0.25, 0.3) is 0 Å². The van der Waals surface area contributed by atoms with Crippen LogP contribution in [0.3, 0.4) is 0 Å². The van der Waals surface area contributed by atoms with E-state index in [1.54, 1.807) is 25.1 Å². The van der Waals surface area contributed by atoms with Crippen LogP contribution in [-0.4, -0.2) is 10.8 Å². The molecule has 0 aromatic heterocycles. The topological polar surface area (TPSA) is 72.2 Å². The molecule has 0 aliphatic rings. The number of nitro benzene ring substituents is 1. The van der Waals surface area contributed by atoms with E-state index < -0.39 is 4.92 Å². The lowest BCUT2D eigenvalue weighted by atomic mass is 10.0. The highest BCUT2D eigenvalue weighted by Gasteiger charge is 2.12. The van der Waals surface area contributed by atoms with E-state index in [4.69, 9.17) is 0 Å². The first-order chi connectivity index (χ1) is 10.4. The largest absolute Gasteiger partial charge is 0.321 e. The first-order valence-electron chi connectivity index (χ1n) is 7.05. The van der Waals surface area contributed by atoms with Crippen LogP contribution >= 0.6 is 0 Å². The summed E-state index contributed by atoms with van der Waals surface area (Å²) in [5.41, 5.74) is 2.86. The van der Waals surface area contributed by atoms with Gasteiger partial charge in [0, 0.05) is 17.7 Å². The fourth-order valence-corrected chi connectivity index (χ4v) is 2.07. The second-order valence-electron chi connectivity index (χ2n) is 5.49. The lowest BCUT2D eigenvalue weighted by Gasteiger charge is -2.10. The van der Waals surface area contributed by atoms with E-state index in [0.717, 1.165) is 11.1 Å². The number of hydrogen-bond acceptors (Lipinski definition) is 3. The summed E-state index contributed by atoms with van der Waals surface area (Å²) in [4.78, 5) is 22.6. The third-order valence-electron chi connectivity index (χ3n) is 3.52. The maximum atomic E-state index is 12.2. The minimum Gasteiger partial charge on any atom is -0.321 e. The van der Waals surface area contributed by atoms with E-state index in [1.165, 1.54) is 12.1 Å². The van der Waals surface area contributed by atoms with Crippen molar-refractivity contribution in [1.29, 1.82) is 0 Å². The van der Waals surface area contributed by atoms with Crippen LogP contribution in [0.15, 0.2) is 42.5 Å². The molecule has 5 heteroatoms. The summed E-state index contributed by atoms with van der Waals surface area (Å²) in [5.74, 6) is 0.120. The minimum absolute atomic E-state index is 0.0453. The van der Waals surface area contributed by atoms with Gasteiger partial charge in [-0.1, -0.05) is 32.0 Å². The van der Waals surface area contributed by atoms with Crippen molar-refractivity contribution >= 4 is 17.3 Å². The van der Waals surface area contributed by atoms with Gasteiger partial charge in [0.05, 0.1) is 10.6 Å². The minimum atomic E-state index is -0.480. The van der Waals surface area contributed by atoms with Crippen LogP contribution in [-0.2, 0) is 0 Å². The number of carbonyl (C=O) groups is 1. The quantitative estimate of drug-likeness (QED) is 0.676. The van der Waals surface area contributed by atoms with Crippen LogP contribution in [0.2, 0.25) is 0 Å². The van der Waals surface area contributed by atoms with Gasteiger partial charge in [0.25, 0.3) is 11.6 Å². The maximum Gasteiger partial charge on any atom is 0.271 e. The molecular formula is C17H18N2O3. The number of carbonyl (C=O) groups excluding carboxylic acids is 1. The second kappa shape index (κ2) is 6.39. The Hall–Kier alpha value is -2.69. The lowest BCUT2D eigenvalue weighted by Crippen LogP contribution is -2.13. The smallest absolute Gasteiger partial charge is 0.271 e. The number of nitrogens with zero attached hydrogens (tertiary/aromatic N) is 1. The molecule has 0 aliphatic heterocycles. The van der Waals surface area contributed by atoms with Crippen LogP contribution in [0, 0.1) is 17.0 Å². The van der Waals surface area contributed by atoms with Crippen molar-refractivity contribution in [3.63, 3.8) is 0 Å². The summed E-state index contributed by atoms with van der Waals surface area (Å²) < 4.78 is 0. The number of rotatable bonds is 4. The van der Waals surface area contributed by atoms with E-state index in [9.17, 15) is 14.9 Å². The molecule has 2 rings (SSSR count). The van der Waals surface area contributed by atoms with Gasteiger partial charge in [0.2, 0.25) is 0 Å². The first-order valence-corrected chi connectivity index (χ1v) is 7.05. The molecule has 2 aromatic carbocycles. The van der Waals surface area contributed by atoms with Gasteiger partial charge < -0.3 is 5.32 Å². The highest BCUT2D eigenvalue weighted by Crippen LogP contribution is 2.23. The standard InChI is InChI=1S/C17H18N2O3/c1-11(2)13-5-7-14(8-6-13)17(20)18-16-10-15(19(21)22)9-4-12(16)3/h4-11H,1-3H3,(H,18,20). The average molecular weight is 298 g/mol. The van der Waals surface area contributed by atoms with Gasteiger partial charge >= 0.3 is 0 Å². The molecule has 1 N–H and O–H groups in total. The molecule has 114 valence electrons. The SMILES string of the molecule is Cc1ccc([N+](=O)[O-])cc1NC(=O)c1ccc(C(C)C)cc1. The Labute approximate surface area is 129 Å². The summed E-state index contributed by atoms with van der Waals surface area (Å²) in [6.07, 6.45) is 0. The van der Waals surface area contributed by atoms with Gasteiger partial charge in [-0.15, -0.1) is 0 Å². The van der Waals surface area contributed by atoms with Crippen molar-refractivity contribution in [3.05, 3.63) is 69.3 Å². The molecule has 2 aromatic rings. The monoisotopic (exact) mass is 298 g/mol. The summed E-state index contributed by atoms with van der Waals surface area (Å²) in [6, 6.07) is 11.8. The number of hydrogen-bond donors (Lipinski definition) is 1. The molecule has 0 bridgehead atoms. The number of nitro groups is 1. The number of anilines is 1. The Balaban J connectivity index is 2.21. The van der Waals surface area contributed by atoms with Gasteiger partial charge in [-0.25, -0.2) is 0 Å². The van der Waals surface area contributed by atoms with Crippen LogP contribution in [0.4, 0.5) is 11.4 Å². The van der Waals surface area contributed by atoms with Gasteiger partial charge in [0.15, 0.2) is 0 Å². The van der Waals surface area contributed by atoms with Gasteiger partial charge in [0.1, 0.15) is 0 Å². The van der Waals surface area contributed by atoms with Crippen molar-refractivity contribution < 1.29 is 9.72 Å². The average Bonchev–Trinajstić information content (AvgIpc) is 2.49. The molecule has 0 aliphatic carbocycles. The Morgan fingerprint density at radius 1 is 1.14 bits per heavy atom. The fourth-order valence-electron chi connectivity index (χ4n) is 2.07. The summed E-state index contributed by atoms with van der Waals surface area (Å²) >= 11 is 0. The first kappa shape index (κ1) is 15.7. The molecule has 0 atom stereocenters. The molecule has 0 heterocycles. The predicted octanol–water partition coefficient (Wildman–Crippen LogP) is 4.28. The van der Waals surface area contributed by atoms with Crippen LogP contribution in [0.5, 0.6) is 0 Å². The van der Waals surface area contributed by atoms with Crippen molar-refractivity contribution in [2.24, 2.45) is 0 Å². The fraction of sp³-hybridized carbons (Fsp3) is 0.235. The van der Waals surface area contributed by atoms with E-state index in [-0.39, 0.29) is 11.6 Å². The summed E-state index contributed by atoms with van der Waals surface area (Å²) in [5, 5.41) is 13.5. The van der Waals surface area contributed by atoms with Crippen molar-refractivity contribution in [2.45, 2.75) is 26.7 Å². The van der Waals surface area contributed by atoms with Crippen LogP contribution in [0.1, 0.15) is 41.3 Å². The third-order valence-corrected chi connectivity index (χ3v) is 3.52. The Morgan fingerprint density at radius 3 is 2.32 bits per heavy atom. The van der Waals surface area contributed by atoms with E-state index in [1.807, 2.05) is 12.1 Å². The van der Waals surface area contributed by atoms with Crippen molar-refractivity contribution in [3.8, 4) is 0 Å². The highest BCUT2D eigenvalue weighted by atomic mass is 16.6. The van der Waals surface area contributed by atoms with Gasteiger partial charge in [-0.3, -0.25) is 14.9 Å². The molecule has 0 saturated carbocycles. The second-order valence-corrected chi connectivity index (χ2v) is 5.49. The highest BCUT2D eigenvalue weighted by molar-refractivity contribution is 6.04.